The lowest BCUT2D eigenvalue weighted by atomic mass is 9.77. The topological polar surface area (TPSA) is 322 Å². The number of imidazole rings is 2. The Morgan fingerprint density at radius 3 is 1.20 bits per heavy atom. The number of alkyl carbamates (subject to hydrolysis) is 1. The molecule has 6 aromatic rings. The maximum atomic E-state index is 15.7. The highest BCUT2D eigenvalue weighted by Crippen LogP contribution is 2.41. The zero-order chi connectivity index (χ0) is 74.7. The van der Waals surface area contributed by atoms with Crippen LogP contribution in [-0.2, 0) is 89.2 Å². The molecule has 0 aliphatic rings. The van der Waals surface area contributed by atoms with Crippen molar-refractivity contribution in [2.75, 3.05) is 7.11 Å². The Labute approximate surface area is 593 Å². The molecule has 8 N–H and O–H groups in total. The molecular formula is C76H104N12O13. The maximum absolute atomic E-state index is 15.7. The smallest absolute Gasteiger partial charge is 0.408 e. The highest BCUT2D eigenvalue weighted by molar-refractivity contribution is 5.98. The van der Waals surface area contributed by atoms with Crippen molar-refractivity contribution in [3.63, 3.8) is 0 Å². The first-order chi connectivity index (χ1) is 47.4. The van der Waals surface area contributed by atoms with Crippen molar-refractivity contribution in [3.05, 3.63) is 180 Å². The average molecular weight is 1390 g/mol. The Bertz CT molecular complexity index is 3630. The SMILES string of the molecule is COC(=O)[C@H](C)NC(=O)[C@@H](NC(=O)[C@H](NC(=O)[C@@H](Cc1ccccc1)NC(=O)[C@H](Cc1cn(C(c2ccccc2)(c2ccccc2)c2ccccc2)cn1)NC(=O)[C@H](NC(=O)[C@@H](NC(=O)[C@H](Cc1cn(C)cn1)NC(=O)OC(C)(C)C)[C@@H](C)OC(C)(C)C)C(C)C)C(C)C)[C@@H](C)OC(C)(C)C. The second-order valence-corrected chi connectivity index (χ2v) is 29.1. The van der Waals surface area contributed by atoms with Gasteiger partial charge >= 0.3 is 12.1 Å². The van der Waals surface area contributed by atoms with Crippen molar-refractivity contribution in [2.24, 2.45) is 18.9 Å². The minimum absolute atomic E-state index is 0.103. The van der Waals surface area contributed by atoms with Crippen molar-refractivity contribution in [1.82, 2.24) is 61.6 Å². The van der Waals surface area contributed by atoms with Crippen LogP contribution < -0.4 is 42.5 Å². The Hall–Kier alpha value is -9.75. The molecule has 0 radical (unpaired) electrons. The van der Waals surface area contributed by atoms with Crippen LogP contribution in [0.5, 0.6) is 0 Å². The summed E-state index contributed by atoms with van der Waals surface area (Å²) in [6.07, 6.45) is 3.23. The number of aryl methyl sites for hydroxylation is 1. The molecule has 2 aromatic heterocycles. The summed E-state index contributed by atoms with van der Waals surface area (Å²) in [6.45, 7) is 27.0. The van der Waals surface area contributed by atoms with Gasteiger partial charge in [-0.1, -0.05) is 149 Å². The van der Waals surface area contributed by atoms with Crippen molar-refractivity contribution in [2.45, 2.75) is 213 Å². The second kappa shape index (κ2) is 35.5. The summed E-state index contributed by atoms with van der Waals surface area (Å²) >= 11 is 0. The molecule has 0 aliphatic heterocycles. The van der Waals surface area contributed by atoms with Gasteiger partial charge in [-0.15, -0.1) is 0 Å². The number of carbonyl (C=O) groups is 9. The predicted octanol–water partition coefficient (Wildman–Crippen LogP) is 6.68. The zero-order valence-corrected chi connectivity index (χ0v) is 61.5. The first kappa shape index (κ1) is 80.2. The third-order valence-electron chi connectivity index (χ3n) is 16.3. The van der Waals surface area contributed by atoms with E-state index in [9.17, 15) is 24.0 Å². The van der Waals surface area contributed by atoms with E-state index < -0.39 is 148 Å². The Balaban J connectivity index is 1.43. The first-order valence-electron chi connectivity index (χ1n) is 34.2. The van der Waals surface area contributed by atoms with E-state index in [0.29, 0.717) is 17.0 Å². The fraction of sp³-hybridized carbons (Fsp3) is 0.487. The molecule has 0 saturated carbocycles. The minimum Gasteiger partial charge on any atom is -0.467 e. The second-order valence-electron chi connectivity index (χ2n) is 29.1. The first-order valence-corrected chi connectivity index (χ1v) is 34.2. The number of nitrogens with one attached hydrogen (secondary N) is 8. The van der Waals surface area contributed by atoms with Crippen LogP contribution in [0.15, 0.2) is 146 Å². The van der Waals surface area contributed by atoms with Gasteiger partial charge in [-0.2, -0.15) is 0 Å². The predicted molar refractivity (Wildman–Crippen MR) is 382 cm³/mol. The molecule has 546 valence electrons. The highest BCUT2D eigenvalue weighted by atomic mass is 16.6. The number of amides is 8. The van der Waals surface area contributed by atoms with Crippen LogP contribution in [0.4, 0.5) is 4.79 Å². The van der Waals surface area contributed by atoms with Gasteiger partial charge in [0.25, 0.3) is 0 Å². The summed E-state index contributed by atoms with van der Waals surface area (Å²) in [4.78, 5) is 140. The minimum atomic E-state index is -1.56. The van der Waals surface area contributed by atoms with Crippen LogP contribution in [-0.4, -0.2) is 157 Å². The van der Waals surface area contributed by atoms with E-state index in [0.717, 1.165) is 16.7 Å². The van der Waals surface area contributed by atoms with Crippen LogP contribution >= 0.6 is 0 Å². The Morgan fingerprint density at radius 1 is 0.416 bits per heavy atom. The summed E-state index contributed by atoms with van der Waals surface area (Å²) in [7, 11) is 2.93. The van der Waals surface area contributed by atoms with E-state index in [2.05, 4.69) is 47.5 Å². The van der Waals surface area contributed by atoms with Gasteiger partial charge in [-0.25, -0.2) is 19.6 Å². The summed E-state index contributed by atoms with van der Waals surface area (Å²) in [5.74, 6) is -7.72. The quantitative estimate of drug-likeness (QED) is 0.0161. The van der Waals surface area contributed by atoms with Crippen LogP contribution in [0.3, 0.4) is 0 Å². The average Bonchev–Trinajstić information content (AvgIpc) is 1.73. The standard InChI is InChI=1S/C76H104N12O13/c1-46(2)60(84-70(95)63(50(7)100-74(11,12)13)85-66(91)59(40-55-42-87(17)44-77-55)82-72(97)101-75(14,15)16)67(92)81-58(41-56-43-88(45-78-56)76(52-33-25-20-26-34-52,53-35-27-21-28-36-53)54-37-29-22-30-38-54)64(89)80-57(39-51-31-23-19-24-32-51)65(90)83-61(47(3)4)68(93)86-62(49(6)99-73(8,9)10)69(94)79-48(5)71(96)98-18/h19-38,42-50,57-63H,39-41H2,1-18H3,(H,79,94)(H,80,89)(H,81,92)(H,82,97)(H,83,90)(H,84,95)(H,85,91)(H,86,93)/t48-,49+,50+,57+,58-,59-,60+,61+,62-,63-/m0/s1. The van der Waals surface area contributed by atoms with Gasteiger partial charge in [-0.05, 0) is 117 Å². The molecule has 4 aromatic carbocycles. The molecule has 6 rings (SSSR count). The molecule has 0 unspecified atom stereocenters. The van der Waals surface area contributed by atoms with Crippen LogP contribution in [0.1, 0.15) is 144 Å². The molecule has 0 saturated heterocycles. The molecule has 25 heteroatoms. The third kappa shape index (κ3) is 23.4. The lowest BCUT2D eigenvalue weighted by Gasteiger charge is -2.37. The van der Waals surface area contributed by atoms with Gasteiger partial charge in [0.1, 0.15) is 59.5 Å². The number of carbonyl (C=O) groups excluding carboxylic acids is 9. The number of methoxy groups -OCH3 is 1. The Morgan fingerprint density at radius 2 is 0.772 bits per heavy atom. The molecule has 0 fully saturated rings. The molecular weight excluding hydrogens is 1290 g/mol. The van der Waals surface area contributed by atoms with E-state index >= 15 is 19.2 Å². The molecule has 25 nitrogen and oxygen atoms in total. The number of aromatic nitrogens is 4. The third-order valence-corrected chi connectivity index (χ3v) is 16.3. The highest BCUT2D eigenvalue weighted by Gasteiger charge is 2.42. The lowest BCUT2D eigenvalue weighted by molar-refractivity contribution is -0.147. The summed E-state index contributed by atoms with van der Waals surface area (Å²) in [5.41, 5.74) is 0.382. The zero-order valence-electron chi connectivity index (χ0n) is 61.5. The van der Waals surface area contributed by atoms with E-state index in [4.69, 9.17) is 23.9 Å². The molecule has 8 amide bonds. The fourth-order valence-electron chi connectivity index (χ4n) is 11.7. The fourth-order valence-corrected chi connectivity index (χ4v) is 11.7. The summed E-state index contributed by atoms with van der Waals surface area (Å²) < 4.78 is 26.5. The van der Waals surface area contributed by atoms with E-state index in [1.807, 2.05) is 95.6 Å². The van der Waals surface area contributed by atoms with E-state index in [1.54, 1.807) is 165 Å². The Kier molecular flexibility index (Phi) is 28.2. The number of rotatable bonds is 32. The number of esters is 1. The van der Waals surface area contributed by atoms with Gasteiger partial charge in [0.15, 0.2) is 0 Å². The van der Waals surface area contributed by atoms with Gasteiger partial charge in [0.2, 0.25) is 41.4 Å². The normalized spacial score (nSPS) is 15.0. The molecule has 0 bridgehead atoms. The largest absolute Gasteiger partial charge is 0.467 e. The monoisotopic (exact) mass is 1390 g/mol. The number of hydrogen-bond acceptors (Lipinski definition) is 15. The number of nitrogens with zero attached hydrogens (tertiary/aromatic N) is 4. The maximum Gasteiger partial charge on any atom is 0.408 e. The molecule has 10 atom stereocenters. The van der Waals surface area contributed by atoms with Gasteiger partial charge in [-0.3, -0.25) is 33.6 Å². The van der Waals surface area contributed by atoms with Gasteiger partial charge in [0.05, 0.1) is 54.6 Å². The molecule has 0 aliphatic carbocycles. The van der Waals surface area contributed by atoms with Crippen molar-refractivity contribution in [3.8, 4) is 0 Å². The summed E-state index contributed by atoms with van der Waals surface area (Å²) in [6, 6.07) is 27.3. The molecule has 101 heavy (non-hydrogen) atoms. The van der Waals surface area contributed by atoms with Crippen molar-refractivity contribution in [1.29, 1.82) is 0 Å². The van der Waals surface area contributed by atoms with Crippen LogP contribution in [0, 0.1) is 11.8 Å². The molecule has 2 heterocycles. The van der Waals surface area contributed by atoms with Crippen LogP contribution in [0.25, 0.3) is 0 Å². The number of hydrogen-bond donors (Lipinski definition) is 8. The van der Waals surface area contributed by atoms with Crippen LogP contribution in [0.2, 0.25) is 0 Å². The summed E-state index contributed by atoms with van der Waals surface area (Å²) in [5, 5.41) is 22.3. The number of benzene rings is 4. The lowest BCUT2D eigenvalue weighted by Crippen LogP contribution is -2.63. The number of ether oxygens (including phenoxy) is 4. The van der Waals surface area contributed by atoms with Crippen molar-refractivity contribution >= 4 is 53.4 Å². The van der Waals surface area contributed by atoms with Crippen molar-refractivity contribution < 1.29 is 62.1 Å². The molecule has 0 spiro atoms. The van der Waals surface area contributed by atoms with Gasteiger partial charge < -0.3 is 70.6 Å². The van der Waals surface area contributed by atoms with E-state index in [1.165, 1.54) is 20.4 Å². The van der Waals surface area contributed by atoms with Gasteiger partial charge in [0, 0.05) is 38.7 Å². The van der Waals surface area contributed by atoms with E-state index in [-0.39, 0.29) is 19.3 Å².